The summed E-state index contributed by atoms with van der Waals surface area (Å²) in [6.45, 7) is 2.85. The second kappa shape index (κ2) is 5.23. The van der Waals surface area contributed by atoms with Crippen molar-refractivity contribution in [1.29, 1.82) is 5.26 Å². The summed E-state index contributed by atoms with van der Waals surface area (Å²) in [6, 6.07) is 1.69. The van der Waals surface area contributed by atoms with Crippen molar-refractivity contribution in [3.63, 3.8) is 0 Å². The van der Waals surface area contributed by atoms with Crippen LogP contribution < -0.4 is 0 Å². The first-order chi connectivity index (χ1) is 5.20. The Bertz CT molecular complexity index is 187. The minimum absolute atomic E-state index is 0.265. The third-order valence-electron chi connectivity index (χ3n) is 0.648. The lowest BCUT2D eigenvalue weighted by molar-refractivity contribution is 0.0573. The zero-order valence-electron chi connectivity index (χ0n) is 5.62. The number of nitriles is 1. The van der Waals surface area contributed by atoms with Crippen LogP contribution in [-0.2, 0) is 9.47 Å². The molecule has 60 valence electrons. The number of halogens is 1. The van der Waals surface area contributed by atoms with Crippen molar-refractivity contribution in [2.75, 3.05) is 6.61 Å². The van der Waals surface area contributed by atoms with Crippen LogP contribution in [0.2, 0.25) is 0 Å². The number of hydrogen-bond donors (Lipinski definition) is 0. The van der Waals surface area contributed by atoms with E-state index >= 15 is 0 Å². The van der Waals surface area contributed by atoms with Crippen molar-refractivity contribution < 1.29 is 18.7 Å². The van der Waals surface area contributed by atoms with E-state index in [9.17, 15) is 9.18 Å². The van der Waals surface area contributed by atoms with Crippen LogP contribution in [-0.4, -0.2) is 19.1 Å². The average Bonchev–Trinajstić information content (AvgIpc) is 2.35. The van der Waals surface area contributed by atoms with Crippen LogP contribution in [0, 0.1) is 11.3 Å². The Morgan fingerprint density at radius 1 is 1.91 bits per heavy atom. The van der Waals surface area contributed by atoms with Crippen LogP contribution in [0.4, 0.5) is 9.18 Å². The van der Waals surface area contributed by atoms with Gasteiger partial charge in [-0.15, -0.1) is 0 Å². The molecule has 1 unspecified atom stereocenters. The maximum atomic E-state index is 11.6. The average molecular weight is 159 g/mol. The summed E-state index contributed by atoms with van der Waals surface area (Å²) < 4.78 is 19.5. The molecule has 0 saturated carbocycles. The molecule has 0 aliphatic carbocycles. The van der Waals surface area contributed by atoms with Crippen LogP contribution in [0.25, 0.3) is 0 Å². The molecule has 0 aromatic heterocycles. The first-order valence-electron chi connectivity index (χ1n) is 2.68. The second-order valence-corrected chi connectivity index (χ2v) is 1.42. The fraction of sp³-hybridized carbons (Fsp3) is 0.333. The second-order valence-electron chi connectivity index (χ2n) is 1.42. The Kier molecular flexibility index (Phi) is 4.49. The summed E-state index contributed by atoms with van der Waals surface area (Å²) in [4.78, 5) is 9.77. The van der Waals surface area contributed by atoms with Gasteiger partial charge in [0.15, 0.2) is 6.61 Å². The van der Waals surface area contributed by atoms with E-state index in [1.807, 2.05) is 0 Å². The predicted molar refractivity (Wildman–Crippen MR) is 33.1 cm³/mol. The molecule has 0 aromatic rings. The first kappa shape index (κ1) is 9.43. The minimum Gasteiger partial charge on any atom is -0.427 e. The maximum Gasteiger partial charge on any atom is 0.511 e. The SMILES string of the molecule is C=CC#N.O=C1OCC(F)O1. The maximum absolute atomic E-state index is 11.6. The lowest BCUT2D eigenvalue weighted by Crippen LogP contribution is -1.98. The van der Waals surface area contributed by atoms with Crippen LogP contribution in [0.3, 0.4) is 0 Å². The molecule has 5 heteroatoms. The van der Waals surface area contributed by atoms with Crippen LogP contribution in [0.1, 0.15) is 0 Å². The highest BCUT2D eigenvalue weighted by Crippen LogP contribution is 2.05. The predicted octanol–water partition coefficient (Wildman–Crippen LogP) is 1.14. The molecular weight excluding hydrogens is 153 g/mol. The highest BCUT2D eigenvalue weighted by atomic mass is 19.1. The number of rotatable bonds is 0. The third kappa shape index (κ3) is 4.90. The fourth-order valence-electron chi connectivity index (χ4n) is 0.306. The van der Waals surface area contributed by atoms with Crippen LogP contribution in [0.15, 0.2) is 12.7 Å². The first-order valence-corrected chi connectivity index (χ1v) is 2.68. The van der Waals surface area contributed by atoms with Gasteiger partial charge in [0.1, 0.15) is 0 Å². The van der Waals surface area contributed by atoms with E-state index in [1.165, 1.54) is 6.08 Å². The van der Waals surface area contributed by atoms with Gasteiger partial charge in [-0.2, -0.15) is 9.65 Å². The molecule has 1 heterocycles. The largest absolute Gasteiger partial charge is 0.511 e. The number of hydrogen-bond acceptors (Lipinski definition) is 4. The normalized spacial score (nSPS) is 20.0. The summed E-state index contributed by atoms with van der Waals surface area (Å²) in [5, 5.41) is 7.51. The fourth-order valence-corrected chi connectivity index (χ4v) is 0.306. The van der Waals surface area contributed by atoms with E-state index < -0.39 is 12.5 Å². The standard InChI is InChI=1S/C3H3FO3.C3H3N/c4-2-1-6-3(5)7-2;1-2-3-4/h2H,1H2;2H,1H2. The molecule has 4 nitrogen and oxygen atoms in total. The van der Waals surface area contributed by atoms with Gasteiger partial charge in [0.05, 0.1) is 6.07 Å². The van der Waals surface area contributed by atoms with E-state index in [4.69, 9.17) is 5.26 Å². The topological polar surface area (TPSA) is 59.3 Å². The van der Waals surface area contributed by atoms with Gasteiger partial charge < -0.3 is 9.47 Å². The molecule has 1 fully saturated rings. The third-order valence-corrected chi connectivity index (χ3v) is 0.648. The molecule has 1 aliphatic heterocycles. The number of alkyl halides is 1. The number of ether oxygens (including phenoxy) is 2. The molecule has 11 heavy (non-hydrogen) atoms. The minimum atomic E-state index is -1.55. The van der Waals surface area contributed by atoms with E-state index in [2.05, 4.69) is 16.1 Å². The summed E-state index contributed by atoms with van der Waals surface area (Å²) in [5.41, 5.74) is 0. The van der Waals surface area contributed by atoms with Crippen LogP contribution >= 0.6 is 0 Å². The lowest BCUT2D eigenvalue weighted by atomic mass is 10.8. The van der Waals surface area contributed by atoms with Crippen molar-refractivity contribution in [2.45, 2.75) is 6.36 Å². The van der Waals surface area contributed by atoms with Gasteiger partial charge in [-0.1, -0.05) is 6.58 Å². The number of cyclic esters (lactones) is 2. The molecule has 0 spiro atoms. The number of nitrogens with zero attached hydrogens (tertiary/aromatic N) is 1. The van der Waals surface area contributed by atoms with Gasteiger partial charge >= 0.3 is 6.16 Å². The summed E-state index contributed by atoms with van der Waals surface area (Å²) >= 11 is 0. The molecule has 0 aromatic carbocycles. The molecule has 0 N–H and O–H groups in total. The zero-order valence-corrected chi connectivity index (χ0v) is 5.62. The highest BCUT2D eigenvalue weighted by Gasteiger charge is 2.23. The van der Waals surface area contributed by atoms with Gasteiger partial charge in [-0.3, -0.25) is 0 Å². The van der Waals surface area contributed by atoms with Gasteiger partial charge in [-0.25, -0.2) is 4.79 Å². The highest BCUT2D eigenvalue weighted by molar-refractivity contribution is 5.61. The Morgan fingerprint density at radius 3 is 2.55 bits per heavy atom. The van der Waals surface area contributed by atoms with Crippen molar-refractivity contribution in [3.05, 3.63) is 12.7 Å². The smallest absolute Gasteiger partial charge is 0.427 e. The zero-order chi connectivity index (χ0) is 8.69. The van der Waals surface area contributed by atoms with Crippen LogP contribution in [0.5, 0.6) is 0 Å². The van der Waals surface area contributed by atoms with Crippen molar-refractivity contribution in [1.82, 2.24) is 0 Å². The Morgan fingerprint density at radius 2 is 2.45 bits per heavy atom. The monoisotopic (exact) mass is 159 g/mol. The lowest BCUT2D eigenvalue weighted by Gasteiger charge is -1.85. The quantitative estimate of drug-likeness (QED) is 0.393. The molecule has 0 bridgehead atoms. The molecule has 1 rings (SSSR count). The van der Waals surface area contributed by atoms with Crippen molar-refractivity contribution >= 4 is 6.16 Å². The summed E-state index contributed by atoms with van der Waals surface area (Å²) in [5.74, 6) is 0. The summed E-state index contributed by atoms with van der Waals surface area (Å²) in [6.07, 6.45) is -1.29. The Hall–Kier alpha value is -1.57. The summed E-state index contributed by atoms with van der Waals surface area (Å²) in [7, 11) is 0. The van der Waals surface area contributed by atoms with E-state index in [1.54, 1.807) is 6.07 Å². The number of allylic oxidation sites excluding steroid dienone is 1. The molecule has 1 saturated heterocycles. The molecule has 0 amide bonds. The van der Waals surface area contributed by atoms with E-state index in [-0.39, 0.29) is 6.61 Å². The molecular formula is C6H6FNO3. The van der Waals surface area contributed by atoms with E-state index in [0.717, 1.165) is 0 Å². The van der Waals surface area contributed by atoms with Gasteiger partial charge in [0.2, 0.25) is 0 Å². The van der Waals surface area contributed by atoms with Gasteiger partial charge in [0.25, 0.3) is 6.36 Å². The Labute approximate surface area is 62.8 Å². The molecule has 1 atom stereocenters. The van der Waals surface area contributed by atoms with Gasteiger partial charge in [-0.05, 0) is 0 Å². The van der Waals surface area contributed by atoms with Crippen molar-refractivity contribution in [2.24, 2.45) is 0 Å². The Balaban J connectivity index is 0.000000218. The molecule has 0 radical (unpaired) electrons. The molecule has 1 aliphatic rings. The van der Waals surface area contributed by atoms with E-state index in [0.29, 0.717) is 0 Å². The number of carbonyl (C=O) groups is 1. The number of carbonyl (C=O) groups excluding carboxylic acids is 1. The van der Waals surface area contributed by atoms with Crippen molar-refractivity contribution in [3.8, 4) is 6.07 Å². The van der Waals surface area contributed by atoms with Gasteiger partial charge in [0, 0.05) is 6.08 Å².